The molecule has 1 aliphatic rings. The van der Waals surface area contributed by atoms with Crippen molar-refractivity contribution < 1.29 is 0 Å². The molecule has 8 heteroatoms. The normalized spacial score (nSPS) is 18.0. The van der Waals surface area contributed by atoms with Gasteiger partial charge in [0, 0.05) is 6.54 Å². The molecule has 0 unspecified atom stereocenters. The van der Waals surface area contributed by atoms with Gasteiger partial charge in [-0.2, -0.15) is 10.1 Å². The SMILES string of the molecule is O=c1[nH]c(N2CCC[C@@H]2c2nc3ccccc3s2)nc2[nH]ncc12. The average molecular weight is 338 g/mol. The van der Waals surface area contributed by atoms with Gasteiger partial charge in [0.25, 0.3) is 5.56 Å². The van der Waals surface area contributed by atoms with Crippen LogP contribution in [0.2, 0.25) is 0 Å². The molecule has 3 aromatic heterocycles. The predicted molar refractivity (Wildman–Crippen MR) is 93.5 cm³/mol. The number of hydrogen-bond donors (Lipinski definition) is 2. The summed E-state index contributed by atoms with van der Waals surface area (Å²) in [4.78, 5) is 26.6. The standard InChI is InChI=1S/C16H14N6OS/c23-14-9-8-17-21-13(9)19-16(20-14)22-7-3-5-11(22)15-18-10-4-1-2-6-12(10)24-15/h1-2,4,6,8,11H,3,5,7H2,(H2,17,19,20,21,23)/t11-/m1/s1. The Labute approximate surface area is 140 Å². The van der Waals surface area contributed by atoms with Gasteiger partial charge in [0.15, 0.2) is 5.65 Å². The molecule has 0 radical (unpaired) electrons. The Morgan fingerprint density at radius 1 is 1.25 bits per heavy atom. The molecule has 7 nitrogen and oxygen atoms in total. The highest BCUT2D eigenvalue weighted by Crippen LogP contribution is 2.37. The van der Waals surface area contributed by atoms with E-state index in [1.54, 1.807) is 11.3 Å². The second-order valence-corrected chi connectivity index (χ2v) is 6.96. The van der Waals surface area contributed by atoms with E-state index in [2.05, 4.69) is 31.1 Å². The number of H-pyrrole nitrogens is 2. The van der Waals surface area contributed by atoms with E-state index in [0.29, 0.717) is 17.0 Å². The van der Waals surface area contributed by atoms with Crippen LogP contribution in [0.3, 0.4) is 0 Å². The Bertz CT molecular complexity index is 1060. The lowest BCUT2D eigenvalue weighted by atomic mass is 10.2. The number of nitrogens with one attached hydrogen (secondary N) is 2. The number of hydrogen-bond acceptors (Lipinski definition) is 6. The van der Waals surface area contributed by atoms with E-state index < -0.39 is 0 Å². The summed E-state index contributed by atoms with van der Waals surface area (Å²) in [5, 5.41) is 8.23. The first-order valence-corrected chi connectivity index (χ1v) is 8.67. The van der Waals surface area contributed by atoms with Gasteiger partial charge in [0.1, 0.15) is 10.4 Å². The molecule has 5 rings (SSSR count). The van der Waals surface area contributed by atoms with Crippen LogP contribution in [0.1, 0.15) is 23.9 Å². The van der Waals surface area contributed by atoms with Crippen LogP contribution in [-0.4, -0.2) is 31.7 Å². The minimum absolute atomic E-state index is 0.144. The quantitative estimate of drug-likeness (QED) is 0.586. The van der Waals surface area contributed by atoms with Gasteiger partial charge < -0.3 is 4.90 Å². The summed E-state index contributed by atoms with van der Waals surface area (Å²) in [6, 6.07) is 8.30. The van der Waals surface area contributed by atoms with Crippen LogP contribution in [0.25, 0.3) is 21.3 Å². The van der Waals surface area contributed by atoms with Crippen LogP contribution in [0.4, 0.5) is 5.95 Å². The lowest BCUT2D eigenvalue weighted by molar-refractivity contribution is 0.698. The molecule has 24 heavy (non-hydrogen) atoms. The van der Waals surface area contributed by atoms with Crippen molar-refractivity contribution in [1.29, 1.82) is 0 Å². The van der Waals surface area contributed by atoms with Gasteiger partial charge in [0.2, 0.25) is 5.95 Å². The van der Waals surface area contributed by atoms with Crippen LogP contribution in [0.5, 0.6) is 0 Å². The lowest BCUT2D eigenvalue weighted by Gasteiger charge is -2.23. The first-order valence-electron chi connectivity index (χ1n) is 7.85. The lowest BCUT2D eigenvalue weighted by Crippen LogP contribution is -2.27. The number of aromatic nitrogens is 5. The third-order valence-corrected chi connectivity index (χ3v) is 5.56. The van der Waals surface area contributed by atoms with E-state index >= 15 is 0 Å². The first kappa shape index (κ1) is 13.7. The van der Waals surface area contributed by atoms with E-state index in [-0.39, 0.29) is 11.6 Å². The maximum absolute atomic E-state index is 12.2. The zero-order valence-electron chi connectivity index (χ0n) is 12.7. The minimum Gasteiger partial charge on any atom is -0.333 e. The van der Waals surface area contributed by atoms with Crippen molar-refractivity contribution >= 4 is 38.5 Å². The predicted octanol–water partition coefficient (Wildman–Crippen LogP) is 2.60. The van der Waals surface area contributed by atoms with Crippen LogP contribution in [0, 0.1) is 0 Å². The number of para-hydroxylation sites is 1. The zero-order chi connectivity index (χ0) is 16.1. The zero-order valence-corrected chi connectivity index (χ0v) is 13.5. The largest absolute Gasteiger partial charge is 0.333 e. The number of thiazole rings is 1. The van der Waals surface area contributed by atoms with Crippen LogP contribution in [-0.2, 0) is 0 Å². The molecule has 2 N–H and O–H groups in total. The van der Waals surface area contributed by atoms with Crippen molar-refractivity contribution in [3.05, 3.63) is 45.8 Å². The number of benzene rings is 1. The van der Waals surface area contributed by atoms with Crippen LogP contribution >= 0.6 is 11.3 Å². The van der Waals surface area contributed by atoms with Crippen molar-refractivity contribution in [2.75, 3.05) is 11.4 Å². The number of nitrogens with zero attached hydrogens (tertiary/aromatic N) is 4. The molecular formula is C16H14N6OS. The molecular weight excluding hydrogens is 324 g/mol. The molecule has 4 aromatic rings. The van der Waals surface area contributed by atoms with E-state index in [4.69, 9.17) is 4.98 Å². The molecule has 1 atom stereocenters. The molecule has 0 saturated carbocycles. The average Bonchev–Trinajstić information content (AvgIpc) is 3.32. The topological polar surface area (TPSA) is 90.6 Å². The minimum atomic E-state index is -0.168. The molecule has 0 aliphatic carbocycles. The fraction of sp³-hybridized carbons (Fsp3) is 0.250. The number of rotatable bonds is 2. The maximum Gasteiger partial charge on any atom is 0.263 e. The highest BCUT2D eigenvalue weighted by atomic mass is 32.1. The first-order chi connectivity index (χ1) is 11.8. The van der Waals surface area contributed by atoms with Crippen LogP contribution in [0.15, 0.2) is 35.3 Å². The number of aromatic amines is 2. The summed E-state index contributed by atoms with van der Waals surface area (Å²) in [6.45, 7) is 0.850. The van der Waals surface area contributed by atoms with Gasteiger partial charge >= 0.3 is 0 Å². The Hall–Kier alpha value is -2.74. The summed E-state index contributed by atoms with van der Waals surface area (Å²) in [7, 11) is 0. The molecule has 0 amide bonds. The molecule has 4 heterocycles. The number of anilines is 1. The molecule has 1 aliphatic heterocycles. The van der Waals surface area contributed by atoms with Gasteiger partial charge in [-0.1, -0.05) is 12.1 Å². The Kier molecular flexibility index (Phi) is 2.93. The smallest absolute Gasteiger partial charge is 0.263 e. The van der Waals surface area contributed by atoms with Gasteiger partial charge in [-0.3, -0.25) is 14.9 Å². The van der Waals surface area contributed by atoms with Crippen molar-refractivity contribution in [3.8, 4) is 0 Å². The highest BCUT2D eigenvalue weighted by molar-refractivity contribution is 7.18. The Balaban J connectivity index is 1.59. The number of fused-ring (bicyclic) bond motifs is 2. The van der Waals surface area contributed by atoms with Crippen LogP contribution < -0.4 is 10.5 Å². The molecule has 1 fully saturated rings. The second-order valence-electron chi connectivity index (χ2n) is 5.89. The van der Waals surface area contributed by atoms with Gasteiger partial charge in [-0.15, -0.1) is 11.3 Å². The molecule has 120 valence electrons. The summed E-state index contributed by atoms with van der Waals surface area (Å²) in [5.74, 6) is 0.582. The van der Waals surface area contributed by atoms with E-state index in [1.807, 2.05) is 18.2 Å². The summed E-state index contributed by atoms with van der Waals surface area (Å²) < 4.78 is 1.19. The molecule has 0 spiro atoms. The van der Waals surface area contributed by atoms with Crippen molar-refractivity contribution in [1.82, 2.24) is 25.1 Å². The van der Waals surface area contributed by atoms with Crippen molar-refractivity contribution in [3.63, 3.8) is 0 Å². The maximum atomic E-state index is 12.2. The van der Waals surface area contributed by atoms with E-state index in [1.165, 1.54) is 10.9 Å². The monoisotopic (exact) mass is 338 g/mol. The molecule has 1 saturated heterocycles. The van der Waals surface area contributed by atoms with Crippen molar-refractivity contribution in [2.45, 2.75) is 18.9 Å². The summed E-state index contributed by atoms with van der Waals surface area (Å²) >= 11 is 1.71. The molecule has 1 aromatic carbocycles. The third-order valence-electron chi connectivity index (χ3n) is 4.43. The van der Waals surface area contributed by atoms with Gasteiger partial charge in [-0.25, -0.2) is 4.98 Å². The van der Waals surface area contributed by atoms with Crippen molar-refractivity contribution in [2.24, 2.45) is 0 Å². The third kappa shape index (κ3) is 2.03. The Morgan fingerprint density at radius 3 is 3.08 bits per heavy atom. The van der Waals surface area contributed by atoms with E-state index in [0.717, 1.165) is 29.9 Å². The Morgan fingerprint density at radius 2 is 2.17 bits per heavy atom. The second kappa shape index (κ2) is 5.13. The van der Waals surface area contributed by atoms with Gasteiger partial charge in [-0.05, 0) is 25.0 Å². The summed E-state index contributed by atoms with van der Waals surface area (Å²) in [6.07, 6.45) is 3.55. The fourth-order valence-electron chi connectivity index (χ4n) is 3.28. The van der Waals surface area contributed by atoms with Gasteiger partial charge in [0.05, 0.1) is 22.5 Å². The molecule has 0 bridgehead atoms. The highest BCUT2D eigenvalue weighted by Gasteiger charge is 2.30. The summed E-state index contributed by atoms with van der Waals surface area (Å²) in [5.41, 5.74) is 1.37. The van der Waals surface area contributed by atoms with E-state index in [9.17, 15) is 4.79 Å². The fourth-order valence-corrected chi connectivity index (χ4v) is 4.39.